The van der Waals surface area contributed by atoms with E-state index in [1.807, 2.05) is 106 Å². The highest BCUT2D eigenvalue weighted by atomic mass is 35.5. The molecule has 4 N–H and O–H groups in total. The molecule has 2 aliphatic rings. The number of carbonyl (C=O) groups is 4. The van der Waals surface area contributed by atoms with Crippen molar-refractivity contribution in [3.63, 3.8) is 0 Å². The fraction of sp³-hybridized carbons (Fsp3) is 0.446. The van der Waals surface area contributed by atoms with Gasteiger partial charge < -0.3 is 50.0 Å². The van der Waals surface area contributed by atoms with Gasteiger partial charge in [0, 0.05) is 54.7 Å². The molecule has 15 nitrogen and oxygen atoms in total. The fourth-order valence-electron chi connectivity index (χ4n) is 9.04. The van der Waals surface area contributed by atoms with E-state index in [0.717, 1.165) is 44.9 Å². The lowest BCUT2D eigenvalue weighted by atomic mass is 9.85. The van der Waals surface area contributed by atoms with Crippen LogP contribution in [0, 0.1) is 12.3 Å². The van der Waals surface area contributed by atoms with Crippen molar-refractivity contribution in [2.75, 3.05) is 83.2 Å². The van der Waals surface area contributed by atoms with E-state index in [1.165, 1.54) is 11.3 Å². The molecule has 4 aromatic carbocycles. The van der Waals surface area contributed by atoms with Gasteiger partial charge in [-0.05, 0) is 115 Å². The van der Waals surface area contributed by atoms with E-state index in [-0.39, 0.29) is 43.6 Å². The van der Waals surface area contributed by atoms with Gasteiger partial charge in [-0.15, -0.1) is 11.3 Å². The molecular formula is C56H70ClN7O8S. The molecule has 73 heavy (non-hydrogen) atoms. The molecule has 1 saturated heterocycles. The first-order valence-corrected chi connectivity index (χ1v) is 26.4. The van der Waals surface area contributed by atoms with Crippen LogP contribution in [0.25, 0.3) is 21.6 Å². The lowest BCUT2D eigenvalue weighted by molar-refractivity contribution is -0.144. The van der Waals surface area contributed by atoms with Crippen LogP contribution in [-0.4, -0.2) is 125 Å². The normalized spacial score (nSPS) is 16.9. The number of hydrogen-bond acceptors (Lipinski definition) is 12. The van der Waals surface area contributed by atoms with Gasteiger partial charge in [0.1, 0.15) is 18.7 Å². The van der Waals surface area contributed by atoms with E-state index in [2.05, 4.69) is 63.3 Å². The first-order chi connectivity index (χ1) is 35.2. The van der Waals surface area contributed by atoms with Crippen molar-refractivity contribution in [1.29, 1.82) is 0 Å². The molecular weight excluding hydrogens is 966 g/mol. The highest BCUT2D eigenvalue weighted by molar-refractivity contribution is 7.13. The van der Waals surface area contributed by atoms with Crippen molar-refractivity contribution >= 4 is 57.9 Å². The standard InChI is InChI=1S/C56H70ClN7O8S/c1-37-32-47(61-45-20-18-44(57)19-21-45)46-33-43(17-22-48(46)63(37)6)40-13-15-42(16-14-40)53(66)58-23-25-69-26-27-70-28-29-71-30-31-72-35-50(65)62-52(56(3,4)5)55(68)64-24-7-8-49(64)54(67)59-34-39-9-11-41(12-10-39)51-38(2)60-36-73-51/h9-22,33,36-37,47,49,52,61H,7-8,23-32,34-35H2,1-6H3,(H,58,66)(H,59,67)(H,62,65). The number of likely N-dealkylation sites (tertiary alicyclic amines) is 1. The third kappa shape index (κ3) is 15.3. The Morgan fingerprint density at radius 1 is 0.808 bits per heavy atom. The molecule has 0 spiro atoms. The van der Waals surface area contributed by atoms with Gasteiger partial charge in [0.25, 0.3) is 5.91 Å². The lowest BCUT2D eigenvalue weighted by Gasteiger charge is -2.39. The van der Waals surface area contributed by atoms with Crippen LogP contribution in [-0.2, 0) is 39.9 Å². The molecule has 390 valence electrons. The topological polar surface area (TPSA) is 173 Å². The van der Waals surface area contributed by atoms with Crippen LogP contribution in [0.5, 0.6) is 0 Å². The number of carbonyl (C=O) groups excluding carboxylic acids is 4. The van der Waals surface area contributed by atoms with E-state index >= 15 is 0 Å². The summed E-state index contributed by atoms with van der Waals surface area (Å²) in [5.41, 5.74) is 10.4. The zero-order valence-electron chi connectivity index (χ0n) is 42.8. The van der Waals surface area contributed by atoms with Crippen LogP contribution in [0.3, 0.4) is 0 Å². The van der Waals surface area contributed by atoms with Crippen molar-refractivity contribution in [3.05, 3.63) is 124 Å². The number of benzene rings is 4. The quantitative estimate of drug-likeness (QED) is 0.0437. The van der Waals surface area contributed by atoms with Gasteiger partial charge in [-0.1, -0.05) is 74.8 Å². The Labute approximate surface area is 438 Å². The number of ether oxygens (including phenoxy) is 4. The minimum atomic E-state index is -0.848. The van der Waals surface area contributed by atoms with Gasteiger partial charge in [0.05, 0.1) is 68.4 Å². The Balaban J connectivity index is 0.722. The molecule has 5 aromatic rings. The molecule has 0 bridgehead atoms. The number of amides is 4. The maximum Gasteiger partial charge on any atom is 0.251 e. The second-order valence-corrected chi connectivity index (χ2v) is 20.9. The summed E-state index contributed by atoms with van der Waals surface area (Å²) in [4.78, 5) is 62.5. The molecule has 0 aliphatic carbocycles. The predicted molar refractivity (Wildman–Crippen MR) is 288 cm³/mol. The van der Waals surface area contributed by atoms with E-state index in [1.54, 1.807) is 16.2 Å². The van der Waals surface area contributed by atoms with Crippen LogP contribution < -0.4 is 26.2 Å². The Bertz CT molecular complexity index is 2610. The highest BCUT2D eigenvalue weighted by Gasteiger charge is 2.42. The van der Waals surface area contributed by atoms with Crippen LogP contribution in [0.4, 0.5) is 11.4 Å². The van der Waals surface area contributed by atoms with Crippen molar-refractivity contribution in [2.24, 2.45) is 5.41 Å². The third-order valence-corrected chi connectivity index (χ3v) is 14.5. The fourth-order valence-corrected chi connectivity index (χ4v) is 9.98. The average Bonchev–Trinajstić information content (AvgIpc) is 4.06. The molecule has 1 aromatic heterocycles. The monoisotopic (exact) mass is 1040 g/mol. The number of fused-ring (bicyclic) bond motifs is 1. The second kappa shape index (κ2) is 26.4. The highest BCUT2D eigenvalue weighted by Crippen LogP contribution is 2.40. The van der Waals surface area contributed by atoms with Crippen molar-refractivity contribution in [3.8, 4) is 21.6 Å². The molecule has 4 unspecified atom stereocenters. The molecule has 0 saturated carbocycles. The Hall–Kier alpha value is -5.88. The number of aryl methyl sites for hydroxylation is 1. The van der Waals surface area contributed by atoms with Gasteiger partial charge in [-0.3, -0.25) is 19.2 Å². The van der Waals surface area contributed by atoms with E-state index in [0.29, 0.717) is 82.1 Å². The van der Waals surface area contributed by atoms with E-state index in [4.69, 9.17) is 30.5 Å². The van der Waals surface area contributed by atoms with E-state index < -0.39 is 23.4 Å². The summed E-state index contributed by atoms with van der Waals surface area (Å²) < 4.78 is 22.4. The van der Waals surface area contributed by atoms with Gasteiger partial charge >= 0.3 is 0 Å². The van der Waals surface area contributed by atoms with Gasteiger partial charge in [-0.2, -0.15) is 0 Å². The molecule has 1 fully saturated rings. The Morgan fingerprint density at radius 2 is 1.45 bits per heavy atom. The molecule has 17 heteroatoms. The summed E-state index contributed by atoms with van der Waals surface area (Å²) in [6, 6.07) is 29.1. The molecule has 2 aliphatic heterocycles. The number of anilines is 2. The van der Waals surface area contributed by atoms with Crippen molar-refractivity contribution in [2.45, 2.75) is 84.6 Å². The molecule has 7 rings (SSSR count). The number of rotatable bonds is 24. The number of nitrogens with zero attached hydrogens (tertiary/aromatic N) is 3. The maximum absolute atomic E-state index is 13.9. The number of thiazole rings is 1. The van der Waals surface area contributed by atoms with Gasteiger partial charge in [-0.25, -0.2) is 4.98 Å². The first kappa shape index (κ1) is 54.9. The predicted octanol–water partition coefficient (Wildman–Crippen LogP) is 8.46. The third-order valence-electron chi connectivity index (χ3n) is 13.3. The molecule has 0 radical (unpaired) electrons. The van der Waals surface area contributed by atoms with Crippen LogP contribution in [0.2, 0.25) is 5.02 Å². The maximum atomic E-state index is 13.9. The number of aromatic nitrogens is 1. The first-order valence-electron chi connectivity index (χ1n) is 25.1. The number of hydrogen-bond donors (Lipinski definition) is 4. The summed E-state index contributed by atoms with van der Waals surface area (Å²) in [5.74, 6) is -1.09. The Kier molecular flexibility index (Phi) is 19.8. The lowest BCUT2D eigenvalue weighted by Crippen LogP contribution is -2.58. The zero-order valence-corrected chi connectivity index (χ0v) is 44.4. The van der Waals surface area contributed by atoms with E-state index in [9.17, 15) is 19.2 Å². The number of nitrogens with one attached hydrogen (secondary N) is 4. The zero-order chi connectivity index (χ0) is 51.9. The van der Waals surface area contributed by atoms with Crippen LogP contribution in [0.1, 0.15) is 80.2 Å². The van der Waals surface area contributed by atoms with Crippen molar-refractivity contribution in [1.82, 2.24) is 25.8 Å². The van der Waals surface area contributed by atoms with Crippen LogP contribution in [0.15, 0.2) is 96.5 Å². The minimum absolute atomic E-state index is 0.137. The summed E-state index contributed by atoms with van der Waals surface area (Å²) in [7, 11) is 2.14. The summed E-state index contributed by atoms with van der Waals surface area (Å²) >= 11 is 7.73. The van der Waals surface area contributed by atoms with Gasteiger partial charge in [0.15, 0.2) is 0 Å². The van der Waals surface area contributed by atoms with Crippen molar-refractivity contribution < 1.29 is 38.1 Å². The molecule has 4 atom stereocenters. The Morgan fingerprint density at radius 3 is 2.11 bits per heavy atom. The molecule has 4 amide bonds. The van der Waals surface area contributed by atoms with Crippen LogP contribution >= 0.6 is 22.9 Å². The largest absolute Gasteiger partial charge is 0.378 e. The summed E-state index contributed by atoms with van der Waals surface area (Å²) in [5, 5.41) is 13.2. The number of halogens is 1. The molecule has 3 heterocycles. The SMILES string of the molecule is Cc1ncsc1-c1ccc(CNC(=O)C2CCCN2C(=O)C(NC(=O)COCCOCCOCCOCCNC(=O)c2ccc(-c3ccc4c(c3)C(Nc3ccc(Cl)cc3)CC(C)N4C)cc2)C(C)(C)C)cc1. The minimum Gasteiger partial charge on any atom is -0.378 e. The summed E-state index contributed by atoms with van der Waals surface area (Å²) in [6.07, 6.45) is 2.20. The average molecular weight is 1040 g/mol. The summed E-state index contributed by atoms with van der Waals surface area (Å²) in [6.45, 7) is 13.0. The smallest absolute Gasteiger partial charge is 0.251 e. The second-order valence-electron chi connectivity index (χ2n) is 19.6. The van der Waals surface area contributed by atoms with Gasteiger partial charge in [0.2, 0.25) is 17.7 Å².